The van der Waals surface area contributed by atoms with Crippen LogP contribution in [0.5, 0.6) is 0 Å². The van der Waals surface area contributed by atoms with Gasteiger partial charge >= 0.3 is 11.9 Å². The summed E-state index contributed by atoms with van der Waals surface area (Å²) >= 11 is 0. The summed E-state index contributed by atoms with van der Waals surface area (Å²) in [5.74, 6) is -2.25. The van der Waals surface area contributed by atoms with Crippen molar-refractivity contribution >= 4 is 17.8 Å². The maximum Gasteiger partial charge on any atom is 0.307 e. The predicted octanol–water partition coefficient (Wildman–Crippen LogP) is 1.14. The van der Waals surface area contributed by atoms with Gasteiger partial charge in [0.05, 0.1) is 25.4 Å². The van der Waals surface area contributed by atoms with E-state index in [-0.39, 0.29) is 24.8 Å². The number of rotatable bonds is 6. The highest BCUT2D eigenvalue weighted by Crippen LogP contribution is 2.39. The normalized spacial score (nSPS) is 25.2. The van der Waals surface area contributed by atoms with Crippen LogP contribution in [0.3, 0.4) is 0 Å². The molecule has 6 nitrogen and oxygen atoms in total. The molecule has 6 heteroatoms. The molecule has 0 heterocycles. The number of methoxy groups -OCH3 is 1. The van der Waals surface area contributed by atoms with Crippen LogP contribution in [0.15, 0.2) is 0 Å². The number of carbonyl (C=O) groups excluding carboxylic acids is 2. The van der Waals surface area contributed by atoms with Crippen LogP contribution in [-0.2, 0) is 19.1 Å². The molecule has 0 bridgehead atoms. The number of carboxylic acid groups (broad SMARTS) is 1. The number of carbonyl (C=O) groups is 3. The molecule has 1 fully saturated rings. The lowest BCUT2D eigenvalue weighted by molar-refractivity contribution is -0.149. The van der Waals surface area contributed by atoms with Crippen LogP contribution in [-0.4, -0.2) is 48.6 Å². The second-order valence-electron chi connectivity index (χ2n) is 5.38. The first kappa shape index (κ1) is 16.5. The zero-order valence-electron chi connectivity index (χ0n) is 12.3. The Labute approximate surface area is 119 Å². The minimum absolute atomic E-state index is 0.125. The van der Waals surface area contributed by atoms with Crippen molar-refractivity contribution in [3.05, 3.63) is 0 Å². The summed E-state index contributed by atoms with van der Waals surface area (Å²) in [6.07, 6.45) is 2.20. The highest BCUT2D eigenvalue weighted by atomic mass is 16.5. The molecule has 0 radical (unpaired) electrons. The van der Waals surface area contributed by atoms with Crippen molar-refractivity contribution in [2.24, 2.45) is 17.8 Å². The SMILES string of the molecule is CCC1C[C@H](C(=O)N(C)CCC(=O)OC)[C@H](C(=O)O)C1. The number of ether oxygens (including phenoxy) is 1. The lowest BCUT2D eigenvalue weighted by Crippen LogP contribution is -2.37. The second kappa shape index (κ2) is 7.26. The van der Waals surface area contributed by atoms with Gasteiger partial charge in [0.25, 0.3) is 0 Å². The summed E-state index contributed by atoms with van der Waals surface area (Å²) in [5, 5.41) is 9.24. The Kier molecular flexibility index (Phi) is 5.98. The first-order valence-electron chi connectivity index (χ1n) is 6.95. The van der Waals surface area contributed by atoms with Crippen molar-refractivity contribution < 1.29 is 24.2 Å². The smallest absolute Gasteiger partial charge is 0.307 e. The number of nitrogens with zero attached hydrogens (tertiary/aromatic N) is 1. The molecule has 0 aromatic carbocycles. The average molecular weight is 285 g/mol. The van der Waals surface area contributed by atoms with E-state index >= 15 is 0 Å². The van der Waals surface area contributed by atoms with Crippen molar-refractivity contribution in [3.63, 3.8) is 0 Å². The van der Waals surface area contributed by atoms with Gasteiger partial charge in [-0.1, -0.05) is 13.3 Å². The van der Waals surface area contributed by atoms with Gasteiger partial charge in [0, 0.05) is 13.6 Å². The van der Waals surface area contributed by atoms with Gasteiger partial charge < -0.3 is 14.7 Å². The van der Waals surface area contributed by atoms with E-state index in [1.807, 2.05) is 6.92 Å². The van der Waals surface area contributed by atoms with Gasteiger partial charge in [-0.15, -0.1) is 0 Å². The van der Waals surface area contributed by atoms with Gasteiger partial charge in [-0.25, -0.2) is 0 Å². The van der Waals surface area contributed by atoms with Crippen LogP contribution < -0.4 is 0 Å². The Hall–Kier alpha value is -1.59. The minimum Gasteiger partial charge on any atom is -0.481 e. The fraction of sp³-hybridized carbons (Fsp3) is 0.786. The van der Waals surface area contributed by atoms with Gasteiger partial charge in [-0.2, -0.15) is 0 Å². The van der Waals surface area contributed by atoms with Gasteiger partial charge in [0.1, 0.15) is 0 Å². The molecule has 114 valence electrons. The van der Waals surface area contributed by atoms with Crippen molar-refractivity contribution in [2.75, 3.05) is 20.7 Å². The highest BCUT2D eigenvalue weighted by Gasteiger charge is 2.43. The van der Waals surface area contributed by atoms with Gasteiger partial charge in [-0.05, 0) is 18.8 Å². The van der Waals surface area contributed by atoms with Crippen LogP contribution in [0.2, 0.25) is 0 Å². The summed E-state index contributed by atoms with van der Waals surface area (Å²) < 4.78 is 4.53. The molecule has 1 rings (SSSR count). The van der Waals surface area contributed by atoms with E-state index in [4.69, 9.17) is 0 Å². The third-order valence-electron chi connectivity index (χ3n) is 4.13. The molecule has 3 atom stereocenters. The zero-order chi connectivity index (χ0) is 15.3. The molecule has 1 aliphatic carbocycles. The number of hydrogen-bond acceptors (Lipinski definition) is 4. The quantitative estimate of drug-likeness (QED) is 0.740. The number of hydrogen-bond donors (Lipinski definition) is 1. The topological polar surface area (TPSA) is 83.9 Å². The molecular formula is C14H23NO5. The van der Waals surface area contributed by atoms with Crippen LogP contribution in [0, 0.1) is 17.8 Å². The molecule has 1 unspecified atom stereocenters. The highest BCUT2D eigenvalue weighted by molar-refractivity contribution is 5.85. The molecule has 0 aliphatic heterocycles. The van der Waals surface area contributed by atoms with Crippen LogP contribution in [0.1, 0.15) is 32.6 Å². The van der Waals surface area contributed by atoms with Gasteiger partial charge in [0.2, 0.25) is 5.91 Å². The predicted molar refractivity (Wildman–Crippen MR) is 71.9 cm³/mol. The third-order valence-corrected chi connectivity index (χ3v) is 4.13. The molecule has 0 aromatic rings. The van der Waals surface area contributed by atoms with Crippen molar-refractivity contribution in [1.29, 1.82) is 0 Å². The summed E-state index contributed by atoms with van der Waals surface area (Å²) in [6.45, 7) is 2.27. The monoisotopic (exact) mass is 285 g/mol. The first-order valence-corrected chi connectivity index (χ1v) is 6.95. The molecular weight excluding hydrogens is 262 g/mol. The van der Waals surface area contributed by atoms with Crippen LogP contribution in [0.25, 0.3) is 0 Å². The summed E-state index contributed by atoms with van der Waals surface area (Å²) in [4.78, 5) is 36.1. The van der Waals surface area contributed by atoms with E-state index < -0.39 is 17.8 Å². The van der Waals surface area contributed by atoms with E-state index in [1.54, 1.807) is 7.05 Å². The van der Waals surface area contributed by atoms with E-state index in [9.17, 15) is 19.5 Å². The van der Waals surface area contributed by atoms with E-state index in [2.05, 4.69) is 4.74 Å². The maximum absolute atomic E-state index is 12.3. The first-order chi connectivity index (χ1) is 9.40. The largest absolute Gasteiger partial charge is 0.481 e. The average Bonchev–Trinajstić information content (AvgIpc) is 2.87. The molecule has 0 saturated heterocycles. The maximum atomic E-state index is 12.3. The standard InChI is InChI=1S/C14H23NO5/c1-4-9-7-10(11(8-9)14(18)19)13(17)15(2)6-5-12(16)20-3/h9-11H,4-8H2,1-3H3,(H,18,19)/t9?,10-,11+/m0/s1. The Morgan fingerprint density at radius 2 is 1.85 bits per heavy atom. The molecule has 20 heavy (non-hydrogen) atoms. The zero-order valence-corrected chi connectivity index (χ0v) is 12.3. The summed E-state index contributed by atoms with van der Waals surface area (Å²) in [6, 6.07) is 0. The van der Waals surface area contributed by atoms with Gasteiger partial charge in [0.15, 0.2) is 0 Å². The number of esters is 1. The fourth-order valence-electron chi connectivity index (χ4n) is 2.78. The van der Waals surface area contributed by atoms with Gasteiger partial charge in [-0.3, -0.25) is 14.4 Å². The third kappa shape index (κ3) is 3.95. The van der Waals surface area contributed by atoms with Crippen LogP contribution in [0.4, 0.5) is 0 Å². The van der Waals surface area contributed by atoms with E-state index in [0.717, 1.165) is 6.42 Å². The molecule has 1 aliphatic rings. The fourth-order valence-corrected chi connectivity index (χ4v) is 2.78. The minimum atomic E-state index is -0.902. The molecule has 1 saturated carbocycles. The Morgan fingerprint density at radius 1 is 1.25 bits per heavy atom. The Morgan fingerprint density at radius 3 is 2.35 bits per heavy atom. The molecule has 0 aromatic heterocycles. The molecule has 0 spiro atoms. The van der Waals surface area contributed by atoms with E-state index in [1.165, 1.54) is 12.0 Å². The van der Waals surface area contributed by atoms with Crippen molar-refractivity contribution in [1.82, 2.24) is 4.90 Å². The Bertz CT molecular complexity index is 382. The summed E-state index contributed by atoms with van der Waals surface area (Å²) in [5.41, 5.74) is 0. The van der Waals surface area contributed by atoms with Crippen molar-refractivity contribution in [3.8, 4) is 0 Å². The lowest BCUT2D eigenvalue weighted by Gasteiger charge is -2.23. The van der Waals surface area contributed by atoms with E-state index in [0.29, 0.717) is 18.8 Å². The molecule has 1 N–H and O–H groups in total. The van der Waals surface area contributed by atoms with Crippen molar-refractivity contribution in [2.45, 2.75) is 32.6 Å². The second-order valence-corrected chi connectivity index (χ2v) is 5.38. The summed E-state index contributed by atoms with van der Waals surface area (Å²) in [7, 11) is 2.90. The van der Waals surface area contributed by atoms with Crippen LogP contribution >= 0.6 is 0 Å². The number of carboxylic acids is 1. The number of amides is 1. The number of aliphatic carboxylic acids is 1. The molecule has 1 amide bonds. The Balaban J connectivity index is 2.64. The lowest BCUT2D eigenvalue weighted by atomic mass is 9.95.